The van der Waals surface area contributed by atoms with Gasteiger partial charge in [-0.2, -0.15) is 0 Å². The van der Waals surface area contributed by atoms with Crippen LogP contribution in [0.4, 0.5) is 0 Å². The zero-order chi connectivity index (χ0) is 5.11. The molecule has 0 aliphatic carbocycles. The molecule has 0 aromatic heterocycles. The van der Waals surface area contributed by atoms with Crippen LogP contribution in [0.3, 0.4) is 0 Å². The Labute approximate surface area is 96.5 Å². The van der Waals surface area contributed by atoms with Crippen molar-refractivity contribution in [2.24, 2.45) is 0 Å². The SMILES string of the molecule is ClC1OCOCO1.[H-].[K+]. The predicted octanol–water partition coefficient (Wildman–Crippen LogP) is -2.40. The second-order valence-electron chi connectivity index (χ2n) is 1.05. The Morgan fingerprint density at radius 1 is 1.38 bits per heavy atom. The third kappa shape index (κ3) is 3.76. The van der Waals surface area contributed by atoms with Crippen LogP contribution in [0.2, 0.25) is 0 Å². The molecule has 8 heavy (non-hydrogen) atoms. The van der Waals surface area contributed by atoms with Gasteiger partial charge in [-0.15, -0.1) is 0 Å². The molecule has 0 N–H and O–H groups in total. The molecule has 0 unspecified atom stereocenters. The van der Waals surface area contributed by atoms with E-state index >= 15 is 0 Å². The molecule has 44 valence electrons. The second kappa shape index (κ2) is 5.58. The molecule has 1 fully saturated rings. The van der Waals surface area contributed by atoms with Gasteiger partial charge < -0.3 is 15.6 Å². The van der Waals surface area contributed by atoms with E-state index in [1.807, 2.05) is 0 Å². The molecule has 0 spiro atoms. The van der Waals surface area contributed by atoms with Crippen LogP contribution in [0.1, 0.15) is 1.43 Å². The number of ether oxygens (including phenoxy) is 3. The Hall–Kier alpha value is 1.81. The Morgan fingerprint density at radius 2 is 1.88 bits per heavy atom. The summed E-state index contributed by atoms with van der Waals surface area (Å²) in [5, 5.41) is 0. The van der Waals surface area contributed by atoms with E-state index in [0.717, 1.165) is 0 Å². The van der Waals surface area contributed by atoms with Crippen molar-refractivity contribution in [1.29, 1.82) is 0 Å². The fraction of sp³-hybridized carbons (Fsp3) is 1.00. The van der Waals surface area contributed by atoms with Crippen molar-refractivity contribution in [3.8, 4) is 0 Å². The van der Waals surface area contributed by atoms with Gasteiger partial charge in [-0.1, -0.05) is 11.6 Å². The minimum Gasteiger partial charge on any atom is -1.00 e. The maximum Gasteiger partial charge on any atom is 1.00 e. The molecule has 1 aliphatic heterocycles. The minimum absolute atomic E-state index is 0. The van der Waals surface area contributed by atoms with Gasteiger partial charge in [0.15, 0.2) is 13.6 Å². The van der Waals surface area contributed by atoms with Gasteiger partial charge in [-0.25, -0.2) is 0 Å². The maximum absolute atomic E-state index is 5.29. The Morgan fingerprint density at radius 3 is 2.12 bits per heavy atom. The van der Waals surface area contributed by atoms with Crippen molar-refractivity contribution in [2.45, 2.75) is 5.75 Å². The molecule has 1 saturated heterocycles. The van der Waals surface area contributed by atoms with Gasteiger partial charge in [0.25, 0.3) is 0 Å². The quantitative estimate of drug-likeness (QED) is 0.295. The topological polar surface area (TPSA) is 27.7 Å². The molecule has 0 bridgehead atoms. The first-order valence-electron chi connectivity index (χ1n) is 1.84. The largest absolute Gasteiger partial charge is 1.00 e. The Balaban J connectivity index is 0. The van der Waals surface area contributed by atoms with Gasteiger partial charge in [0.1, 0.15) is 0 Å². The number of alkyl halides is 1. The zero-order valence-corrected chi connectivity index (χ0v) is 8.47. The third-order valence-electron chi connectivity index (χ3n) is 0.565. The van der Waals surface area contributed by atoms with Crippen LogP contribution in [0.15, 0.2) is 0 Å². The number of halogens is 1. The van der Waals surface area contributed by atoms with E-state index in [4.69, 9.17) is 11.6 Å². The van der Waals surface area contributed by atoms with Crippen LogP contribution in [0.5, 0.6) is 0 Å². The maximum atomic E-state index is 5.29. The molecule has 1 heterocycles. The summed E-state index contributed by atoms with van der Waals surface area (Å²) in [7, 11) is 0. The number of hydrogen-bond acceptors (Lipinski definition) is 3. The van der Waals surface area contributed by atoms with Gasteiger partial charge in [0.2, 0.25) is 5.75 Å². The second-order valence-corrected chi connectivity index (χ2v) is 1.40. The molecule has 1 rings (SSSR count). The smallest absolute Gasteiger partial charge is 1.00 e. The molecule has 5 heteroatoms. The van der Waals surface area contributed by atoms with Crippen LogP contribution < -0.4 is 51.4 Å². The van der Waals surface area contributed by atoms with Gasteiger partial charge in [-0.3, -0.25) is 0 Å². The first kappa shape index (κ1) is 9.81. The van der Waals surface area contributed by atoms with Crippen molar-refractivity contribution in [1.82, 2.24) is 0 Å². The van der Waals surface area contributed by atoms with Gasteiger partial charge in [0, 0.05) is 0 Å². The summed E-state index contributed by atoms with van der Waals surface area (Å²) >= 11 is 5.29. The summed E-state index contributed by atoms with van der Waals surface area (Å²) in [4.78, 5) is 0. The zero-order valence-electron chi connectivity index (χ0n) is 5.59. The normalized spacial score (nSPS) is 22.1. The van der Waals surface area contributed by atoms with E-state index < -0.39 is 5.75 Å². The van der Waals surface area contributed by atoms with Crippen molar-refractivity contribution in [2.75, 3.05) is 13.6 Å². The molecule has 3 nitrogen and oxygen atoms in total. The predicted molar refractivity (Wildman–Crippen MR) is 23.7 cm³/mol. The van der Waals surface area contributed by atoms with E-state index in [0.29, 0.717) is 0 Å². The van der Waals surface area contributed by atoms with Crippen LogP contribution in [-0.2, 0) is 14.2 Å². The average Bonchev–Trinajstić information content (AvgIpc) is 1.69. The van der Waals surface area contributed by atoms with Gasteiger partial charge in [0.05, 0.1) is 0 Å². The van der Waals surface area contributed by atoms with Crippen LogP contribution in [0.25, 0.3) is 0 Å². The molecular formula is C3H6ClKO3. The summed E-state index contributed by atoms with van der Waals surface area (Å²) in [6, 6.07) is 0. The summed E-state index contributed by atoms with van der Waals surface area (Å²) in [6.45, 7) is 0.461. The summed E-state index contributed by atoms with van der Waals surface area (Å²) in [5.74, 6) is -0.617. The van der Waals surface area contributed by atoms with Gasteiger partial charge in [-0.05, 0) is 0 Å². The molecular weight excluding hydrogens is 159 g/mol. The van der Waals surface area contributed by atoms with E-state index in [1.165, 1.54) is 0 Å². The summed E-state index contributed by atoms with van der Waals surface area (Å²) in [5.41, 5.74) is 0. The average molecular weight is 165 g/mol. The first-order valence-corrected chi connectivity index (χ1v) is 2.28. The minimum atomic E-state index is -0.617. The molecule has 0 saturated carbocycles. The van der Waals surface area contributed by atoms with Crippen molar-refractivity contribution < 1.29 is 67.0 Å². The molecule has 1 aliphatic rings. The first-order chi connectivity index (χ1) is 3.39. The van der Waals surface area contributed by atoms with E-state index in [2.05, 4.69) is 14.2 Å². The molecule has 0 aromatic rings. The van der Waals surface area contributed by atoms with E-state index in [9.17, 15) is 0 Å². The Bertz CT molecular complexity index is 61.0. The van der Waals surface area contributed by atoms with E-state index in [-0.39, 0.29) is 66.4 Å². The Kier molecular flexibility index (Phi) is 6.84. The standard InChI is InChI=1S/C3H5ClO3.K.H/c4-3-6-1-5-2-7-3;;/h3H,1-2H2;;/q;+1;-1. The monoisotopic (exact) mass is 164 g/mol. The van der Waals surface area contributed by atoms with Crippen LogP contribution in [0, 0.1) is 0 Å². The van der Waals surface area contributed by atoms with Crippen molar-refractivity contribution in [3.63, 3.8) is 0 Å². The summed E-state index contributed by atoms with van der Waals surface area (Å²) in [6.07, 6.45) is 0. The molecule has 0 atom stereocenters. The van der Waals surface area contributed by atoms with Crippen LogP contribution >= 0.6 is 11.6 Å². The molecule has 0 radical (unpaired) electrons. The fourth-order valence-corrected chi connectivity index (χ4v) is 0.388. The van der Waals surface area contributed by atoms with E-state index in [1.54, 1.807) is 0 Å². The summed E-state index contributed by atoms with van der Waals surface area (Å²) < 4.78 is 13.8. The fourth-order valence-electron chi connectivity index (χ4n) is 0.285. The van der Waals surface area contributed by atoms with Gasteiger partial charge >= 0.3 is 51.4 Å². The number of hydrogen-bond donors (Lipinski definition) is 0. The van der Waals surface area contributed by atoms with Crippen molar-refractivity contribution in [3.05, 3.63) is 0 Å². The van der Waals surface area contributed by atoms with Crippen molar-refractivity contribution >= 4 is 11.6 Å². The number of rotatable bonds is 0. The third-order valence-corrected chi connectivity index (χ3v) is 0.817. The van der Waals surface area contributed by atoms with Crippen LogP contribution in [-0.4, -0.2) is 19.3 Å². The molecule has 0 amide bonds. The molecule has 0 aromatic carbocycles.